The van der Waals surface area contributed by atoms with Gasteiger partial charge in [0.2, 0.25) is 0 Å². The standard InChI is InChI=1S/C17H19IO/c1-3-12-8-9-15(10-13(12)4-2)17(19)14-6-5-7-16(18)11-14/h5-11,17,19H,3-4H2,1-2H3. The van der Waals surface area contributed by atoms with Gasteiger partial charge in [-0.25, -0.2) is 0 Å². The molecule has 1 N–H and O–H groups in total. The summed E-state index contributed by atoms with van der Waals surface area (Å²) in [7, 11) is 0. The molecule has 0 heterocycles. The molecule has 0 saturated heterocycles. The first-order valence-corrected chi connectivity index (χ1v) is 7.78. The maximum absolute atomic E-state index is 10.5. The van der Waals surface area contributed by atoms with Gasteiger partial charge in [-0.05, 0) is 69.8 Å². The Hall–Kier alpha value is -0.870. The van der Waals surface area contributed by atoms with Crippen molar-refractivity contribution in [2.45, 2.75) is 32.8 Å². The summed E-state index contributed by atoms with van der Waals surface area (Å²) < 4.78 is 1.15. The van der Waals surface area contributed by atoms with Gasteiger partial charge in [-0.3, -0.25) is 0 Å². The molecule has 19 heavy (non-hydrogen) atoms. The van der Waals surface area contributed by atoms with Crippen LogP contribution < -0.4 is 0 Å². The molecule has 2 rings (SSSR count). The highest BCUT2D eigenvalue weighted by molar-refractivity contribution is 14.1. The van der Waals surface area contributed by atoms with E-state index >= 15 is 0 Å². The van der Waals surface area contributed by atoms with Crippen LogP contribution in [0.2, 0.25) is 0 Å². The van der Waals surface area contributed by atoms with Gasteiger partial charge in [0.1, 0.15) is 6.10 Å². The van der Waals surface area contributed by atoms with Crippen LogP contribution in [0.4, 0.5) is 0 Å². The zero-order chi connectivity index (χ0) is 13.8. The molecule has 0 radical (unpaired) electrons. The monoisotopic (exact) mass is 366 g/mol. The van der Waals surface area contributed by atoms with Gasteiger partial charge in [-0.1, -0.05) is 44.2 Å². The second-order valence-corrected chi connectivity index (χ2v) is 5.94. The van der Waals surface area contributed by atoms with Crippen molar-refractivity contribution < 1.29 is 5.11 Å². The van der Waals surface area contributed by atoms with Gasteiger partial charge in [-0.15, -0.1) is 0 Å². The summed E-state index contributed by atoms with van der Waals surface area (Å²) in [6, 6.07) is 14.4. The number of aryl methyl sites for hydroxylation is 2. The second kappa shape index (κ2) is 6.53. The summed E-state index contributed by atoms with van der Waals surface area (Å²) in [5.41, 5.74) is 4.65. The zero-order valence-corrected chi connectivity index (χ0v) is 13.5. The van der Waals surface area contributed by atoms with Gasteiger partial charge in [0, 0.05) is 3.57 Å². The van der Waals surface area contributed by atoms with Crippen LogP contribution >= 0.6 is 22.6 Å². The lowest BCUT2D eigenvalue weighted by molar-refractivity contribution is 0.220. The molecule has 100 valence electrons. The SMILES string of the molecule is CCc1ccc(C(O)c2cccc(I)c2)cc1CC. The highest BCUT2D eigenvalue weighted by atomic mass is 127. The quantitative estimate of drug-likeness (QED) is 0.791. The van der Waals surface area contributed by atoms with Crippen molar-refractivity contribution in [2.75, 3.05) is 0 Å². The maximum Gasteiger partial charge on any atom is 0.104 e. The van der Waals surface area contributed by atoms with E-state index in [1.807, 2.05) is 30.3 Å². The van der Waals surface area contributed by atoms with Gasteiger partial charge in [0.15, 0.2) is 0 Å². The Morgan fingerprint density at radius 1 is 0.947 bits per heavy atom. The van der Waals surface area contributed by atoms with E-state index in [0.29, 0.717) is 0 Å². The predicted octanol–water partition coefficient (Wildman–Crippen LogP) is 4.50. The van der Waals surface area contributed by atoms with Crippen LogP contribution in [0.15, 0.2) is 42.5 Å². The molecule has 0 aromatic heterocycles. The molecule has 1 nitrogen and oxygen atoms in total. The van der Waals surface area contributed by atoms with Gasteiger partial charge < -0.3 is 5.11 Å². The van der Waals surface area contributed by atoms with E-state index in [1.165, 1.54) is 11.1 Å². The number of hydrogen-bond acceptors (Lipinski definition) is 1. The van der Waals surface area contributed by atoms with E-state index in [0.717, 1.165) is 27.5 Å². The molecule has 0 saturated carbocycles. The third-order valence-electron chi connectivity index (χ3n) is 3.47. The Labute approximate surface area is 128 Å². The van der Waals surface area contributed by atoms with E-state index in [4.69, 9.17) is 0 Å². The molecular formula is C17H19IO. The highest BCUT2D eigenvalue weighted by Gasteiger charge is 2.12. The van der Waals surface area contributed by atoms with Crippen LogP contribution in [0.5, 0.6) is 0 Å². The summed E-state index contributed by atoms with van der Waals surface area (Å²) in [5, 5.41) is 10.5. The van der Waals surface area contributed by atoms with E-state index in [9.17, 15) is 5.11 Å². The fraction of sp³-hybridized carbons (Fsp3) is 0.294. The number of halogens is 1. The van der Waals surface area contributed by atoms with E-state index in [-0.39, 0.29) is 0 Å². The average Bonchev–Trinajstić information content (AvgIpc) is 2.45. The van der Waals surface area contributed by atoms with Gasteiger partial charge in [0.25, 0.3) is 0 Å². The van der Waals surface area contributed by atoms with Crippen molar-refractivity contribution in [3.8, 4) is 0 Å². The van der Waals surface area contributed by atoms with Crippen molar-refractivity contribution in [2.24, 2.45) is 0 Å². The minimum Gasteiger partial charge on any atom is -0.384 e. The molecule has 0 aliphatic carbocycles. The predicted molar refractivity (Wildman–Crippen MR) is 88.4 cm³/mol. The summed E-state index contributed by atoms with van der Waals surface area (Å²) in [5.74, 6) is 0. The second-order valence-electron chi connectivity index (χ2n) is 4.69. The summed E-state index contributed by atoms with van der Waals surface area (Å²) in [4.78, 5) is 0. The Kier molecular flexibility index (Phi) is 4.99. The van der Waals surface area contributed by atoms with Crippen molar-refractivity contribution >= 4 is 22.6 Å². The largest absolute Gasteiger partial charge is 0.384 e. The van der Waals surface area contributed by atoms with Crippen molar-refractivity contribution in [3.63, 3.8) is 0 Å². The van der Waals surface area contributed by atoms with Crippen molar-refractivity contribution in [3.05, 3.63) is 68.3 Å². The normalized spacial score (nSPS) is 12.4. The lowest BCUT2D eigenvalue weighted by Crippen LogP contribution is -2.02. The molecule has 2 heteroatoms. The average molecular weight is 366 g/mol. The molecule has 0 aliphatic heterocycles. The van der Waals surface area contributed by atoms with Crippen LogP contribution in [-0.4, -0.2) is 5.11 Å². The number of aliphatic hydroxyl groups excluding tert-OH is 1. The van der Waals surface area contributed by atoms with Crippen LogP contribution in [0, 0.1) is 3.57 Å². The minimum absolute atomic E-state index is 0.536. The summed E-state index contributed by atoms with van der Waals surface area (Å²) in [6.07, 6.45) is 1.52. The van der Waals surface area contributed by atoms with E-state index in [1.54, 1.807) is 0 Å². The fourth-order valence-corrected chi connectivity index (χ4v) is 2.93. The van der Waals surface area contributed by atoms with E-state index in [2.05, 4.69) is 48.6 Å². The zero-order valence-electron chi connectivity index (χ0n) is 11.4. The Balaban J connectivity index is 2.36. The number of rotatable bonds is 4. The van der Waals surface area contributed by atoms with Gasteiger partial charge in [-0.2, -0.15) is 0 Å². The van der Waals surface area contributed by atoms with E-state index < -0.39 is 6.10 Å². The third kappa shape index (κ3) is 3.37. The molecule has 0 spiro atoms. The lowest BCUT2D eigenvalue weighted by Gasteiger charge is -2.15. The molecule has 0 fully saturated rings. The molecular weight excluding hydrogens is 347 g/mol. The molecule has 2 aromatic rings. The smallest absolute Gasteiger partial charge is 0.104 e. The molecule has 0 bridgehead atoms. The minimum atomic E-state index is -0.536. The highest BCUT2D eigenvalue weighted by Crippen LogP contribution is 2.25. The first kappa shape index (κ1) is 14.5. The van der Waals surface area contributed by atoms with Crippen LogP contribution in [-0.2, 0) is 12.8 Å². The van der Waals surface area contributed by atoms with Crippen LogP contribution in [0.25, 0.3) is 0 Å². The molecule has 1 atom stereocenters. The molecule has 0 amide bonds. The summed E-state index contributed by atoms with van der Waals surface area (Å²) in [6.45, 7) is 4.33. The molecule has 0 aliphatic rings. The van der Waals surface area contributed by atoms with Crippen molar-refractivity contribution in [1.29, 1.82) is 0 Å². The lowest BCUT2D eigenvalue weighted by atomic mass is 9.95. The number of aliphatic hydroxyl groups is 1. The maximum atomic E-state index is 10.5. The Morgan fingerprint density at radius 2 is 1.63 bits per heavy atom. The van der Waals surface area contributed by atoms with Crippen LogP contribution in [0.1, 0.15) is 42.2 Å². The first-order chi connectivity index (χ1) is 9.15. The van der Waals surface area contributed by atoms with Gasteiger partial charge >= 0.3 is 0 Å². The Bertz CT molecular complexity index is 563. The number of hydrogen-bond donors (Lipinski definition) is 1. The first-order valence-electron chi connectivity index (χ1n) is 6.71. The molecule has 2 aromatic carbocycles. The Morgan fingerprint density at radius 3 is 2.26 bits per heavy atom. The van der Waals surface area contributed by atoms with Crippen LogP contribution in [0.3, 0.4) is 0 Å². The molecule has 1 unspecified atom stereocenters. The van der Waals surface area contributed by atoms with Gasteiger partial charge in [0.05, 0.1) is 0 Å². The number of benzene rings is 2. The van der Waals surface area contributed by atoms with Crippen molar-refractivity contribution in [1.82, 2.24) is 0 Å². The summed E-state index contributed by atoms with van der Waals surface area (Å²) >= 11 is 2.27. The fourth-order valence-electron chi connectivity index (χ4n) is 2.36. The topological polar surface area (TPSA) is 20.2 Å². The third-order valence-corrected chi connectivity index (χ3v) is 4.14.